The van der Waals surface area contributed by atoms with Gasteiger partial charge in [-0.25, -0.2) is 0 Å². The summed E-state index contributed by atoms with van der Waals surface area (Å²) in [6.45, 7) is 2.75. The van der Waals surface area contributed by atoms with Crippen LogP contribution in [-0.2, 0) is 9.59 Å². The van der Waals surface area contributed by atoms with Gasteiger partial charge in [-0.15, -0.1) is 0 Å². The molecule has 0 aliphatic carbocycles. The molecule has 0 amide bonds. The Morgan fingerprint density at radius 1 is 1.70 bits per heavy atom. The molecule has 58 valence electrons. The van der Waals surface area contributed by atoms with E-state index in [1.165, 1.54) is 0 Å². The largest absolute Gasteiger partial charge is 0.373 e. The lowest BCUT2D eigenvalue weighted by Crippen LogP contribution is -2.32. The van der Waals surface area contributed by atoms with E-state index in [1.807, 2.05) is 6.92 Å². The fourth-order valence-corrected chi connectivity index (χ4v) is 0.170. The minimum Gasteiger partial charge on any atom is -0.370 e. The molecule has 0 radical (unpaired) electrons. The maximum atomic E-state index is 8.12. The van der Waals surface area contributed by atoms with Crippen LogP contribution in [-0.4, -0.2) is 30.6 Å². The van der Waals surface area contributed by atoms with Gasteiger partial charge >= 0.3 is 6.15 Å². The highest BCUT2D eigenvalue weighted by Crippen LogP contribution is 1.73. The molecule has 0 aromatic rings. The molecule has 0 unspecified atom stereocenters. The van der Waals surface area contributed by atoms with E-state index in [0.717, 1.165) is 6.54 Å². The summed E-state index contributed by atoms with van der Waals surface area (Å²) in [4.78, 5) is 17.9. The summed E-state index contributed by atoms with van der Waals surface area (Å²) >= 11 is 0. The van der Waals surface area contributed by atoms with Gasteiger partial charge in [0.2, 0.25) is 0 Å². The second-order valence-corrected chi connectivity index (χ2v) is 1.48. The monoisotopic (exact) mass is 145 g/mol. The first-order valence-electron chi connectivity index (χ1n) is 2.64. The lowest BCUT2D eigenvalue weighted by Gasteiger charge is -2.11. The van der Waals surface area contributed by atoms with E-state index in [1.54, 1.807) is 11.9 Å². The number of carbonyl (C=O) groups excluding carboxylic acids is 2. The van der Waals surface area contributed by atoms with E-state index in [4.69, 9.17) is 20.7 Å². The molecule has 0 atom stereocenters. The van der Waals surface area contributed by atoms with Gasteiger partial charge in [0.15, 0.2) is 5.96 Å². The first-order chi connectivity index (χ1) is 4.59. The maximum absolute atomic E-state index is 8.12. The summed E-state index contributed by atoms with van der Waals surface area (Å²) in [5, 5.41) is 6.80. The van der Waals surface area contributed by atoms with Gasteiger partial charge in [0.1, 0.15) is 0 Å². The van der Waals surface area contributed by atoms with E-state index in [9.17, 15) is 0 Å². The van der Waals surface area contributed by atoms with Crippen molar-refractivity contribution in [1.29, 1.82) is 5.41 Å². The van der Waals surface area contributed by atoms with Crippen LogP contribution in [0.2, 0.25) is 0 Å². The summed E-state index contributed by atoms with van der Waals surface area (Å²) in [5.41, 5.74) is 5.06. The van der Waals surface area contributed by atoms with Crippen LogP contribution in [0.5, 0.6) is 0 Å². The van der Waals surface area contributed by atoms with Crippen molar-refractivity contribution in [2.24, 2.45) is 5.73 Å². The van der Waals surface area contributed by atoms with Gasteiger partial charge in [0.25, 0.3) is 0 Å². The molecule has 5 nitrogen and oxygen atoms in total. The second-order valence-electron chi connectivity index (χ2n) is 1.48. The first kappa shape index (κ1) is 11.4. The molecule has 10 heavy (non-hydrogen) atoms. The third kappa shape index (κ3) is 9.82. The molecule has 5 heteroatoms. The molecule has 0 saturated carbocycles. The van der Waals surface area contributed by atoms with Crippen LogP contribution in [0.25, 0.3) is 0 Å². The normalized spacial score (nSPS) is 6.60. The third-order valence-corrected chi connectivity index (χ3v) is 0.886. The molecule has 0 saturated heterocycles. The molecule has 0 aromatic carbocycles. The molecular formula is C5H11N3O2. The number of nitrogens with two attached hydrogens (primary N) is 1. The number of hydrogen-bond acceptors (Lipinski definition) is 3. The molecule has 0 heterocycles. The molecule has 0 aliphatic heterocycles. The highest BCUT2D eigenvalue weighted by atomic mass is 16.2. The molecule has 0 spiro atoms. The first-order valence-corrected chi connectivity index (χ1v) is 2.64. The lowest BCUT2D eigenvalue weighted by molar-refractivity contribution is -0.191. The van der Waals surface area contributed by atoms with Gasteiger partial charge < -0.3 is 10.6 Å². The molecule has 0 bridgehead atoms. The van der Waals surface area contributed by atoms with Gasteiger partial charge in [-0.1, -0.05) is 0 Å². The van der Waals surface area contributed by atoms with E-state index in [2.05, 4.69) is 0 Å². The van der Waals surface area contributed by atoms with E-state index in [-0.39, 0.29) is 12.1 Å². The van der Waals surface area contributed by atoms with E-state index < -0.39 is 0 Å². The van der Waals surface area contributed by atoms with Gasteiger partial charge in [0, 0.05) is 13.6 Å². The van der Waals surface area contributed by atoms with Gasteiger partial charge in [-0.2, -0.15) is 9.59 Å². The van der Waals surface area contributed by atoms with Crippen molar-refractivity contribution < 1.29 is 9.59 Å². The Morgan fingerprint density at radius 2 is 2.00 bits per heavy atom. The summed E-state index contributed by atoms with van der Waals surface area (Å²) in [5.74, 6) is 0.127. The lowest BCUT2D eigenvalue weighted by atomic mass is 10.6. The van der Waals surface area contributed by atoms with Crippen molar-refractivity contribution in [2.45, 2.75) is 6.92 Å². The molecule has 0 fully saturated rings. The minimum atomic E-state index is 0.127. The van der Waals surface area contributed by atoms with Crippen LogP contribution in [0.1, 0.15) is 6.92 Å². The van der Waals surface area contributed by atoms with Crippen LogP contribution in [0.15, 0.2) is 0 Å². The zero-order valence-corrected chi connectivity index (χ0v) is 6.05. The van der Waals surface area contributed by atoms with Crippen LogP contribution < -0.4 is 5.73 Å². The number of nitrogens with zero attached hydrogens (tertiary/aromatic N) is 1. The molecule has 0 aliphatic rings. The number of rotatable bonds is 1. The predicted molar refractivity (Wildman–Crippen MR) is 35.2 cm³/mol. The summed E-state index contributed by atoms with van der Waals surface area (Å²) in [6, 6.07) is 0. The van der Waals surface area contributed by atoms with Crippen molar-refractivity contribution in [2.75, 3.05) is 13.6 Å². The Kier molecular flexibility index (Phi) is 8.76. The SMILES string of the molecule is CCN(C)C(=N)N.O=C=O. The minimum absolute atomic E-state index is 0.127. The van der Waals surface area contributed by atoms with Crippen molar-refractivity contribution in [1.82, 2.24) is 4.90 Å². The Labute approximate surface area is 59.3 Å². The Balaban J connectivity index is 0. The smallest absolute Gasteiger partial charge is 0.370 e. The van der Waals surface area contributed by atoms with E-state index in [0.29, 0.717) is 0 Å². The molecule has 3 N–H and O–H groups in total. The van der Waals surface area contributed by atoms with Crippen LogP contribution in [0, 0.1) is 5.41 Å². The summed E-state index contributed by atoms with van der Waals surface area (Å²) in [7, 11) is 1.78. The third-order valence-electron chi connectivity index (χ3n) is 0.886. The second kappa shape index (κ2) is 7.65. The van der Waals surface area contributed by atoms with Crippen molar-refractivity contribution in [3.8, 4) is 0 Å². The molecule has 0 rings (SSSR count). The van der Waals surface area contributed by atoms with Crippen LogP contribution in [0.3, 0.4) is 0 Å². The van der Waals surface area contributed by atoms with Gasteiger partial charge in [-0.3, -0.25) is 5.41 Å². The van der Waals surface area contributed by atoms with E-state index >= 15 is 0 Å². The van der Waals surface area contributed by atoms with Crippen LogP contribution in [0.4, 0.5) is 0 Å². The zero-order valence-electron chi connectivity index (χ0n) is 6.05. The highest BCUT2D eigenvalue weighted by Gasteiger charge is 1.89. The van der Waals surface area contributed by atoms with Gasteiger partial charge in [-0.05, 0) is 6.92 Å². The average molecular weight is 145 g/mol. The summed E-state index contributed by atoms with van der Waals surface area (Å²) in [6.07, 6.45) is 0.250. The molecule has 0 aromatic heterocycles. The summed E-state index contributed by atoms with van der Waals surface area (Å²) < 4.78 is 0. The van der Waals surface area contributed by atoms with Crippen molar-refractivity contribution in [3.05, 3.63) is 0 Å². The number of guanidine groups is 1. The zero-order chi connectivity index (χ0) is 8.57. The standard InChI is InChI=1S/C4H11N3.CO2/c1-3-7(2)4(5)6;2-1-3/h3H2,1-2H3,(H3,5,6);. The molecular weight excluding hydrogens is 134 g/mol. The number of nitrogens with one attached hydrogen (secondary N) is 1. The Bertz CT molecular complexity index is 129. The predicted octanol–water partition coefficient (Wildman–Crippen LogP) is -0.752. The van der Waals surface area contributed by atoms with Crippen molar-refractivity contribution in [3.63, 3.8) is 0 Å². The topological polar surface area (TPSA) is 87.2 Å². The quantitative estimate of drug-likeness (QED) is 0.375. The van der Waals surface area contributed by atoms with Crippen molar-refractivity contribution >= 4 is 12.1 Å². The fraction of sp³-hybridized carbons (Fsp3) is 0.600. The fourth-order valence-electron chi connectivity index (χ4n) is 0.170. The Hall–Kier alpha value is -1.35. The highest BCUT2D eigenvalue weighted by molar-refractivity contribution is 5.74. The van der Waals surface area contributed by atoms with Crippen LogP contribution >= 0.6 is 0 Å². The van der Waals surface area contributed by atoms with Gasteiger partial charge in [0.05, 0.1) is 0 Å². The Morgan fingerprint density at radius 3 is 2.00 bits per heavy atom. The maximum Gasteiger partial charge on any atom is 0.373 e. The number of hydrogen-bond donors (Lipinski definition) is 2. The average Bonchev–Trinajstić information content (AvgIpc) is 1.88.